The molecule has 0 radical (unpaired) electrons. The first kappa shape index (κ1) is 14.8. The molecule has 0 fully saturated rings. The SMILES string of the molecule is CCNCC(C)Cn1cc(Br)cc([N+](=O)[O-])c1=O. The zero-order valence-electron chi connectivity index (χ0n) is 10.4. The van der Waals surface area contributed by atoms with E-state index in [1.54, 1.807) is 6.20 Å². The van der Waals surface area contributed by atoms with Gasteiger partial charge in [-0.15, -0.1) is 0 Å². The number of hydrogen-bond acceptors (Lipinski definition) is 4. The maximum Gasteiger partial charge on any atom is 0.335 e. The highest BCUT2D eigenvalue weighted by Gasteiger charge is 2.16. The second-order valence-electron chi connectivity index (χ2n) is 4.17. The van der Waals surface area contributed by atoms with Crippen molar-refractivity contribution in [3.63, 3.8) is 0 Å². The molecule has 0 amide bonds. The fourth-order valence-corrected chi connectivity index (χ4v) is 2.11. The van der Waals surface area contributed by atoms with Gasteiger partial charge >= 0.3 is 11.2 Å². The predicted octanol–water partition coefficient (Wildman–Crippen LogP) is 1.76. The fourth-order valence-electron chi connectivity index (χ4n) is 1.64. The zero-order valence-corrected chi connectivity index (χ0v) is 11.9. The molecule has 0 aliphatic rings. The number of hydrogen-bond donors (Lipinski definition) is 1. The molecule has 1 atom stereocenters. The Balaban J connectivity index is 2.95. The molecular weight excluding hydrogens is 302 g/mol. The average Bonchev–Trinajstić information content (AvgIpc) is 2.30. The molecule has 0 aromatic carbocycles. The van der Waals surface area contributed by atoms with E-state index in [0.717, 1.165) is 13.1 Å². The molecule has 1 aromatic rings. The summed E-state index contributed by atoms with van der Waals surface area (Å²) in [6, 6.07) is 1.23. The lowest BCUT2D eigenvalue weighted by Gasteiger charge is -2.13. The summed E-state index contributed by atoms with van der Waals surface area (Å²) in [6.45, 7) is 6.07. The summed E-state index contributed by atoms with van der Waals surface area (Å²) < 4.78 is 1.91. The van der Waals surface area contributed by atoms with E-state index in [2.05, 4.69) is 21.2 Å². The smallest absolute Gasteiger partial charge is 0.317 e. The minimum absolute atomic E-state index is 0.219. The van der Waals surface area contributed by atoms with Crippen LogP contribution < -0.4 is 10.9 Å². The summed E-state index contributed by atoms with van der Waals surface area (Å²) in [5, 5.41) is 13.9. The van der Waals surface area contributed by atoms with E-state index in [-0.39, 0.29) is 5.92 Å². The summed E-state index contributed by atoms with van der Waals surface area (Å²) in [7, 11) is 0. The Hall–Kier alpha value is -1.21. The Morgan fingerprint density at radius 3 is 2.83 bits per heavy atom. The van der Waals surface area contributed by atoms with Crippen LogP contribution in [0.4, 0.5) is 5.69 Å². The number of nitro groups is 1. The van der Waals surface area contributed by atoms with E-state index < -0.39 is 16.2 Å². The molecular formula is C11H16BrN3O3. The van der Waals surface area contributed by atoms with Gasteiger partial charge in [0.25, 0.3) is 0 Å². The molecule has 1 unspecified atom stereocenters. The third-order valence-corrected chi connectivity index (χ3v) is 2.92. The first-order valence-electron chi connectivity index (χ1n) is 5.70. The lowest BCUT2D eigenvalue weighted by molar-refractivity contribution is -0.386. The summed E-state index contributed by atoms with van der Waals surface area (Å²) >= 11 is 3.18. The van der Waals surface area contributed by atoms with Crippen LogP contribution in [0.3, 0.4) is 0 Å². The van der Waals surface area contributed by atoms with Crippen LogP contribution in [-0.4, -0.2) is 22.6 Å². The van der Waals surface area contributed by atoms with Gasteiger partial charge in [0.1, 0.15) is 0 Å². The lowest BCUT2D eigenvalue weighted by Crippen LogP contribution is -2.29. The molecule has 1 rings (SSSR count). The van der Waals surface area contributed by atoms with Crippen molar-refractivity contribution in [3.05, 3.63) is 37.2 Å². The molecule has 0 spiro atoms. The number of nitrogens with zero attached hydrogens (tertiary/aromatic N) is 2. The predicted molar refractivity (Wildman–Crippen MR) is 72.8 cm³/mol. The van der Waals surface area contributed by atoms with Crippen molar-refractivity contribution in [2.75, 3.05) is 13.1 Å². The molecule has 0 saturated heterocycles. The standard InChI is InChI=1S/C11H16BrN3O3/c1-3-13-5-8(2)6-14-7-9(12)4-10(11(14)16)15(17)18/h4,7-8,13H,3,5-6H2,1-2H3. The van der Waals surface area contributed by atoms with Crippen molar-refractivity contribution >= 4 is 21.6 Å². The van der Waals surface area contributed by atoms with Gasteiger partial charge in [0.15, 0.2) is 0 Å². The van der Waals surface area contributed by atoms with Gasteiger partial charge in [-0.25, -0.2) is 0 Å². The Bertz CT molecular complexity index is 487. The average molecular weight is 318 g/mol. The van der Waals surface area contributed by atoms with Crippen molar-refractivity contribution in [1.82, 2.24) is 9.88 Å². The van der Waals surface area contributed by atoms with Gasteiger partial charge in [-0.05, 0) is 34.9 Å². The molecule has 1 N–H and O–H groups in total. The van der Waals surface area contributed by atoms with Gasteiger partial charge in [0.05, 0.1) is 4.92 Å². The topological polar surface area (TPSA) is 77.2 Å². The number of nitrogens with one attached hydrogen (secondary N) is 1. The maximum atomic E-state index is 11.9. The van der Waals surface area contributed by atoms with Gasteiger partial charge < -0.3 is 9.88 Å². The van der Waals surface area contributed by atoms with E-state index >= 15 is 0 Å². The van der Waals surface area contributed by atoms with Crippen LogP contribution in [-0.2, 0) is 6.54 Å². The second-order valence-corrected chi connectivity index (χ2v) is 5.09. The summed E-state index contributed by atoms with van der Waals surface area (Å²) in [5.74, 6) is 0.219. The quantitative estimate of drug-likeness (QED) is 0.640. The van der Waals surface area contributed by atoms with E-state index in [1.807, 2.05) is 13.8 Å². The van der Waals surface area contributed by atoms with Crippen molar-refractivity contribution in [1.29, 1.82) is 0 Å². The highest BCUT2D eigenvalue weighted by atomic mass is 79.9. The Morgan fingerprint density at radius 2 is 2.28 bits per heavy atom. The number of rotatable bonds is 6. The van der Waals surface area contributed by atoms with Crippen molar-refractivity contribution < 1.29 is 4.92 Å². The fraction of sp³-hybridized carbons (Fsp3) is 0.545. The molecule has 0 aliphatic carbocycles. The molecule has 7 heteroatoms. The monoisotopic (exact) mass is 317 g/mol. The van der Waals surface area contributed by atoms with Crippen LogP contribution in [0.1, 0.15) is 13.8 Å². The molecule has 1 heterocycles. The van der Waals surface area contributed by atoms with Crippen LogP contribution in [0.5, 0.6) is 0 Å². The number of aromatic nitrogens is 1. The van der Waals surface area contributed by atoms with Crippen LogP contribution in [0.25, 0.3) is 0 Å². The first-order valence-corrected chi connectivity index (χ1v) is 6.50. The van der Waals surface area contributed by atoms with Gasteiger partial charge in [0.2, 0.25) is 0 Å². The van der Waals surface area contributed by atoms with Gasteiger partial charge in [0, 0.05) is 23.3 Å². The second kappa shape index (κ2) is 6.65. The Labute approximate surface area is 113 Å². The van der Waals surface area contributed by atoms with E-state index in [1.165, 1.54) is 10.6 Å². The van der Waals surface area contributed by atoms with Crippen molar-refractivity contribution in [2.45, 2.75) is 20.4 Å². The number of halogens is 1. The van der Waals surface area contributed by atoms with Gasteiger partial charge in [-0.2, -0.15) is 0 Å². The molecule has 6 nitrogen and oxygen atoms in total. The highest BCUT2D eigenvalue weighted by Crippen LogP contribution is 2.14. The number of pyridine rings is 1. The van der Waals surface area contributed by atoms with Crippen molar-refractivity contribution in [3.8, 4) is 0 Å². The summed E-state index contributed by atoms with van der Waals surface area (Å²) in [4.78, 5) is 21.9. The maximum absolute atomic E-state index is 11.9. The van der Waals surface area contributed by atoms with Crippen LogP contribution in [0.15, 0.2) is 21.5 Å². The van der Waals surface area contributed by atoms with Gasteiger partial charge in [-0.1, -0.05) is 13.8 Å². The highest BCUT2D eigenvalue weighted by molar-refractivity contribution is 9.10. The first-order chi connectivity index (χ1) is 8.45. The molecule has 0 bridgehead atoms. The molecule has 18 heavy (non-hydrogen) atoms. The van der Waals surface area contributed by atoms with E-state index in [4.69, 9.17) is 0 Å². The third kappa shape index (κ3) is 3.92. The van der Waals surface area contributed by atoms with Crippen molar-refractivity contribution in [2.24, 2.45) is 5.92 Å². The van der Waals surface area contributed by atoms with E-state index in [9.17, 15) is 14.9 Å². The van der Waals surface area contributed by atoms with Gasteiger partial charge in [-0.3, -0.25) is 14.9 Å². The summed E-state index contributed by atoms with van der Waals surface area (Å²) in [6.07, 6.45) is 1.58. The molecule has 0 aliphatic heterocycles. The lowest BCUT2D eigenvalue weighted by atomic mass is 10.2. The normalized spacial score (nSPS) is 12.4. The molecule has 100 valence electrons. The minimum atomic E-state index is -0.654. The Kier molecular flexibility index (Phi) is 5.49. The largest absolute Gasteiger partial charge is 0.335 e. The summed E-state index contributed by atoms with van der Waals surface area (Å²) in [5.41, 5.74) is -0.966. The minimum Gasteiger partial charge on any atom is -0.317 e. The third-order valence-electron chi connectivity index (χ3n) is 2.48. The Morgan fingerprint density at radius 1 is 1.61 bits per heavy atom. The van der Waals surface area contributed by atoms with Crippen LogP contribution >= 0.6 is 15.9 Å². The van der Waals surface area contributed by atoms with Crippen LogP contribution in [0.2, 0.25) is 0 Å². The molecule has 1 aromatic heterocycles. The molecule has 0 saturated carbocycles. The van der Waals surface area contributed by atoms with E-state index in [0.29, 0.717) is 11.0 Å². The zero-order chi connectivity index (χ0) is 13.7. The van der Waals surface area contributed by atoms with Crippen LogP contribution in [0, 0.1) is 16.0 Å².